The maximum atomic E-state index is 12.0. The van der Waals surface area contributed by atoms with E-state index in [1.54, 1.807) is 13.8 Å². The molecule has 0 aliphatic carbocycles. The first-order chi connectivity index (χ1) is 10.1. The molecule has 0 spiro atoms. The molecule has 1 aromatic rings. The first-order valence-electron chi connectivity index (χ1n) is 7.31. The molecule has 0 bridgehead atoms. The van der Waals surface area contributed by atoms with Gasteiger partial charge in [0.1, 0.15) is 5.69 Å². The van der Waals surface area contributed by atoms with Crippen molar-refractivity contribution in [2.75, 3.05) is 6.61 Å². The minimum Gasteiger partial charge on any atom is -0.451 e. The van der Waals surface area contributed by atoms with Crippen molar-refractivity contribution in [3.8, 4) is 0 Å². The fraction of sp³-hybridized carbons (Fsp3) is 0.562. The number of carbonyl (C=O) groups excluding carboxylic acids is 3. The number of amides is 1. The Labute approximate surface area is 130 Å². The van der Waals surface area contributed by atoms with Gasteiger partial charge in [0.05, 0.1) is 0 Å². The van der Waals surface area contributed by atoms with E-state index < -0.39 is 5.97 Å². The average molecular weight is 308 g/mol. The third-order valence-corrected chi connectivity index (χ3v) is 3.72. The summed E-state index contributed by atoms with van der Waals surface area (Å²) in [5.74, 6) is -0.803. The minimum absolute atomic E-state index is 0.00462. The highest BCUT2D eigenvalue weighted by Crippen LogP contribution is 2.19. The van der Waals surface area contributed by atoms with E-state index in [2.05, 4.69) is 10.3 Å². The third kappa shape index (κ3) is 4.19. The lowest BCUT2D eigenvalue weighted by Crippen LogP contribution is -2.38. The molecule has 22 heavy (non-hydrogen) atoms. The molecule has 1 rings (SSSR count). The second-order valence-corrected chi connectivity index (χ2v) is 5.86. The molecule has 0 radical (unpaired) electrons. The average Bonchev–Trinajstić information content (AvgIpc) is 2.71. The summed E-state index contributed by atoms with van der Waals surface area (Å²) < 4.78 is 5.01. The van der Waals surface area contributed by atoms with Crippen LogP contribution in [0.1, 0.15) is 59.8 Å². The number of aromatic amines is 1. The standard InChI is InChI=1S/C16H24N2O4/c1-8(2)10(4)17-13(20)7-22-16(21)15-9(3)14(12(6)19)11(5)18-15/h8,10,18H,7H2,1-6H3,(H,17,20)/t10-/m0/s1. The molecule has 0 saturated heterocycles. The molecule has 2 N–H and O–H groups in total. The maximum Gasteiger partial charge on any atom is 0.355 e. The molecular weight excluding hydrogens is 284 g/mol. The second-order valence-electron chi connectivity index (χ2n) is 5.86. The Morgan fingerprint density at radius 3 is 2.23 bits per heavy atom. The van der Waals surface area contributed by atoms with Gasteiger partial charge in [-0.25, -0.2) is 4.79 Å². The molecule has 1 amide bonds. The van der Waals surface area contributed by atoms with E-state index in [4.69, 9.17) is 4.74 Å². The van der Waals surface area contributed by atoms with Gasteiger partial charge in [-0.05, 0) is 39.2 Å². The lowest BCUT2D eigenvalue weighted by molar-refractivity contribution is -0.125. The van der Waals surface area contributed by atoms with Gasteiger partial charge in [-0.1, -0.05) is 13.8 Å². The van der Waals surface area contributed by atoms with Gasteiger partial charge < -0.3 is 15.0 Å². The first kappa shape index (κ1) is 17.9. The minimum atomic E-state index is -0.638. The first-order valence-corrected chi connectivity index (χ1v) is 7.31. The Balaban J connectivity index is 2.69. The van der Waals surface area contributed by atoms with Crippen molar-refractivity contribution in [2.45, 2.75) is 47.6 Å². The Morgan fingerprint density at radius 2 is 1.77 bits per heavy atom. The van der Waals surface area contributed by atoms with E-state index in [1.165, 1.54) is 6.92 Å². The second kappa shape index (κ2) is 7.24. The Hall–Kier alpha value is -2.11. The number of rotatable bonds is 6. The zero-order valence-electron chi connectivity index (χ0n) is 14.0. The van der Waals surface area contributed by atoms with Crippen LogP contribution < -0.4 is 5.32 Å². The number of ether oxygens (including phenoxy) is 1. The Morgan fingerprint density at radius 1 is 1.18 bits per heavy atom. The predicted molar refractivity (Wildman–Crippen MR) is 83.0 cm³/mol. The number of hydrogen-bond donors (Lipinski definition) is 2. The molecule has 1 aromatic heterocycles. The lowest BCUT2D eigenvalue weighted by Gasteiger charge is -2.17. The highest BCUT2D eigenvalue weighted by Gasteiger charge is 2.21. The fourth-order valence-corrected chi connectivity index (χ4v) is 2.15. The number of aryl methyl sites for hydroxylation is 1. The highest BCUT2D eigenvalue weighted by atomic mass is 16.5. The topological polar surface area (TPSA) is 88.3 Å². The Kier molecular flexibility index (Phi) is 5.91. The van der Waals surface area contributed by atoms with Crippen molar-refractivity contribution in [3.05, 3.63) is 22.5 Å². The van der Waals surface area contributed by atoms with Crippen LogP contribution in [0.2, 0.25) is 0 Å². The quantitative estimate of drug-likeness (QED) is 0.622. The monoisotopic (exact) mass is 308 g/mol. The molecule has 1 atom stereocenters. The van der Waals surface area contributed by atoms with Crippen LogP contribution in [-0.2, 0) is 9.53 Å². The molecule has 0 aliphatic rings. The highest BCUT2D eigenvalue weighted by molar-refractivity contribution is 6.01. The van der Waals surface area contributed by atoms with Gasteiger partial charge in [-0.3, -0.25) is 9.59 Å². The number of aromatic nitrogens is 1. The summed E-state index contributed by atoms with van der Waals surface area (Å²) in [6.07, 6.45) is 0. The number of hydrogen-bond acceptors (Lipinski definition) is 4. The van der Waals surface area contributed by atoms with Gasteiger partial charge in [0.25, 0.3) is 5.91 Å². The van der Waals surface area contributed by atoms with Crippen molar-refractivity contribution < 1.29 is 19.1 Å². The van der Waals surface area contributed by atoms with Crippen LogP contribution in [-0.4, -0.2) is 35.3 Å². The van der Waals surface area contributed by atoms with E-state index in [-0.39, 0.29) is 30.0 Å². The molecule has 0 aliphatic heterocycles. The van der Waals surface area contributed by atoms with Crippen molar-refractivity contribution >= 4 is 17.7 Å². The van der Waals surface area contributed by atoms with Crippen LogP contribution in [0.25, 0.3) is 0 Å². The molecule has 0 fully saturated rings. The smallest absolute Gasteiger partial charge is 0.355 e. The van der Waals surface area contributed by atoms with Gasteiger partial charge >= 0.3 is 5.97 Å². The maximum absolute atomic E-state index is 12.0. The van der Waals surface area contributed by atoms with E-state index in [0.717, 1.165) is 0 Å². The molecular formula is C16H24N2O4. The Bertz CT molecular complexity index is 587. The summed E-state index contributed by atoms with van der Waals surface area (Å²) in [7, 11) is 0. The number of H-pyrrole nitrogens is 1. The number of esters is 1. The van der Waals surface area contributed by atoms with E-state index in [9.17, 15) is 14.4 Å². The van der Waals surface area contributed by atoms with Gasteiger partial charge in [-0.15, -0.1) is 0 Å². The molecule has 0 unspecified atom stereocenters. The van der Waals surface area contributed by atoms with Gasteiger partial charge in [0, 0.05) is 17.3 Å². The summed E-state index contributed by atoms with van der Waals surface area (Å²) in [6, 6.07) is 0.00462. The molecule has 0 aromatic carbocycles. The van der Waals surface area contributed by atoms with Crippen molar-refractivity contribution in [3.63, 3.8) is 0 Å². The number of Topliss-reactive ketones (excluding diaryl/α,β-unsaturated/α-hetero) is 1. The zero-order valence-corrected chi connectivity index (χ0v) is 14.0. The molecule has 122 valence electrons. The van der Waals surface area contributed by atoms with E-state index in [0.29, 0.717) is 22.7 Å². The SMILES string of the molecule is CC(=O)c1c(C)[nH]c(C(=O)OCC(=O)N[C@@H](C)C(C)C)c1C. The van der Waals surface area contributed by atoms with Crippen molar-refractivity contribution in [1.82, 2.24) is 10.3 Å². The van der Waals surface area contributed by atoms with Crippen LogP contribution in [0.15, 0.2) is 0 Å². The lowest BCUT2D eigenvalue weighted by atomic mass is 10.1. The number of carbonyl (C=O) groups is 3. The van der Waals surface area contributed by atoms with Crippen molar-refractivity contribution in [1.29, 1.82) is 0 Å². The van der Waals surface area contributed by atoms with Gasteiger partial charge in [0.15, 0.2) is 12.4 Å². The third-order valence-electron chi connectivity index (χ3n) is 3.72. The largest absolute Gasteiger partial charge is 0.451 e. The van der Waals surface area contributed by atoms with Crippen molar-refractivity contribution in [2.24, 2.45) is 5.92 Å². The zero-order chi connectivity index (χ0) is 17.0. The van der Waals surface area contributed by atoms with Crippen LogP contribution in [0.5, 0.6) is 0 Å². The van der Waals surface area contributed by atoms with Gasteiger partial charge in [-0.2, -0.15) is 0 Å². The van der Waals surface area contributed by atoms with Crippen LogP contribution in [0, 0.1) is 19.8 Å². The summed E-state index contributed by atoms with van der Waals surface area (Å²) in [4.78, 5) is 38.1. The molecule has 0 saturated carbocycles. The number of ketones is 1. The molecule has 6 nitrogen and oxygen atoms in total. The summed E-state index contributed by atoms with van der Waals surface area (Å²) in [5, 5.41) is 2.76. The van der Waals surface area contributed by atoms with E-state index >= 15 is 0 Å². The number of nitrogens with one attached hydrogen (secondary N) is 2. The molecule has 1 heterocycles. The van der Waals surface area contributed by atoms with Crippen LogP contribution in [0.4, 0.5) is 0 Å². The van der Waals surface area contributed by atoms with Gasteiger partial charge in [0.2, 0.25) is 0 Å². The normalized spacial score (nSPS) is 12.1. The van der Waals surface area contributed by atoms with E-state index in [1.807, 2.05) is 20.8 Å². The summed E-state index contributed by atoms with van der Waals surface area (Å²) in [5.41, 5.74) is 1.87. The van der Waals surface area contributed by atoms with Crippen LogP contribution in [0.3, 0.4) is 0 Å². The van der Waals surface area contributed by atoms with Crippen LogP contribution >= 0.6 is 0 Å². The summed E-state index contributed by atoms with van der Waals surface area (Å²) in [6.45, 7) is 10.4. The summed E-state index contributed by atoms with van der Waals surface area (Å²) >= 11 is 0. The fourth-order valence-electron chi connectivity index (χ4n) is 2.15. The predicted octanol–water partition coefficient (Wildman–Crippen LogP) is 2.15. The molecule has 6 heteroatoms.